The monoisotopic (exact) mass is 414 g/mol. The maximum atomic E-state index is 12.5. The number of hydrogen-bond donors (Lipinski definition) is 2. The van der Waals surface area contributed by atoms with Crippen LogP contribution in [0, 0.1) is 13.8 Å². The van der Waals surface area contributed by atoms with Crippen molar-refractivity contribution < 1.29 is 4.79 Å². The number of carbonyl (C=O) groups excluding carboxylic acids is 1. The Hall–Kier alpha value is -2.61. The van der Waals surface area contributed by atoms with Gasteiger partial charge in [0.2, 0.25) is 5.91 Å². The molecule has 2 N–H and O–H groups in total. The first kappa shape index (κ1) is 21.1. The van der Waals surface area contributed by atoms with Crippen LogP contribution >= 0.6 is 11.3 Å². The Morgan fingerprint density at radius 1 is 1.14 bits per heavy atom. The van der Waals surface area contributed by atoms with Gasteiger partial charge in [0, 0.05) is 56.8 Å². The van der Waals surface area contributed by atoms with Crippen LogP contribution in [-0.2, 0) is 11.3 Å². The van der Waals surface area contributed by atoms with E-state index in [0.29, 0.717) is 25.5 Å². The molecule has 1 aromatic carbocycles. The summed E-state index contributed by atoms with van der Waals surface area (Å²) in [6, 6.07) is 10.4. The van der Waals surface area contributed by atoms with Crippen molar-refractivity contribution in [1.29, 1.82) is 0 Å². The molecule has 1 fully saturated rings. The number of benzene rings is 1. The first-order valence-corrected chi connectivity index (χ1v) is 10.8. The number of piperazine rings is 1. The number of thiazole rings is 1. The van der Waals surface area contributed by atoms with Gasteiger partial charge >= 0.3 is 0 Å². The van der Waals surface area contributed by atoms with E-state index in [1.54, 1.807) is 18.4 Å². The molecule has 7 nitrogen and oxygen atoms in total. The standard InChI is InChI=1S/C21H30N6OS/c1-16-17(2)29-19(25-16)15-24-21(22-3)23-10-9-20(28)27-13-11-26(12-14-27)18-7-5-4-6-8-18/h4-8H,9-15H2,1-3H3,(H2,22,23,24). The number of aliphatic imine (C=N–C) groups is 1. The van der Waals surface area contributed by atoms with E-state index in [-0.39, 0.29) is 5.91 Å². The van der Waals surface area contributed by atoms with Crippen LogP contribution in [0.25, 0.3) is 0 Å². The van der Waals surface area contributed by atoms with Crippen molar-refractivity contribution in [2.45, 2.75) is 26.8 Å². The van der Waals surface area contributed by atoms with Crippen LogP contribution in [0.3, 0.4) is 0 Å². The molecule has 1 aliphatic rings. The Labute approximate surface area is 176 Å². The second-order valence-corrected chi connectivity index (χ2v) is 8.34. The number of aryl methyl sites for hydroxylation is 2. The number of para-hydroxylation sites is 1. The van der Waals surface area contributed by atoms with Crippen molar-refractivity contribution in [1.82, 2.24) is 20.5 Å². The van der Waals surface area contributed by atoms with E-state index in [4.69, 9.17) is 0 Å². The van der Waals surface area contributed by atoms with Crippen molar-refractivity contribution in [2.24, 2.45) is 4.99 Å². The molecule has 1 aliphatic heterocycles. The summed E-state index contributed by atoms with van der Waals surface area (Å²) in [5.41, 5.74) is 2.30. The Morgan fingerprint density at radius 3 is 2.48 bits per heavy atom. The molecule has 1 saturated heterocycles. The molecule has 0 bridgehead atoms. The number of rotatable bonds is 6. The smallest absolute Gasteiger partial charge is 0.224 e. The van der Waals surface area contributed by atoms with Crippen LogP contribution in [0.5, 0.6) is 0 Å². The topological polar surface area (TPSA) is 72.9 Å². The van der Waals surface area contributed by atoms with E-state index in [0.717, 1.165) is 36.9 Å². The van der Waals surface area contributed by atoms with Crippen molar-refractivity contribution in [3.05, 3.63) is 45.9 Å². The third-order valence-electron chi connectivity index (χ3n) is 5.09. The number of carbonyl (C=O) groups is 1. The van der Waals surface area contributed by atoms with Gasteiger partial charge in [0.05, 0.1) is 12.2 Å². The summed E-state index contributed by atoms with van der Waals surface area (Å²) in [5.74, 6) is 0.879. The van der Waals surface area contributed by atoms with E-state index in [9.17, 15) is 4.79 Å². The van der Waals surface area contributed by atoms with E-state index in [1.807, 2.05) is 17.9 Å². The van der Waals surface area contributed by atoms with Crippen molar-refractivity contribution in [3.63, 3.8) is 0 Å². The van der Waals surface area contributed by atoms with E-state index in [2.05, 4.69) is 56.7 Å². The number of guanidine groups is 1. The summed E-state index contributed by atoms with van der Waals surface area (Å²) in [6.07, 6.45) is 0.460. The quantitative estimate of drug-likeness (QED) is 0.560. The zero-order valence-corrected chi connectivity index (χ0v) is 18.3. The summed E-state index contributed by atoms with van der Waals surface area (Å²) in [4.78, 5) is 26.8. The third kappa shape index (κ3) is 5.93. The van der Waals surface area contributed by atoms with E-state index < -0.39 is 0 Å². The molecule has 0 aliphatic carbocycles. The molecule has 2 heterocycles. The van der Waals surface area contributed by atoms with E-state index >= 15 is 0 Å². The average Bonchev–Trinajstić information content (AvgIpc) is 3.08. The van der Waals surface area contributed by atoms with Crippen LogP contribution in [-0.4, -0.2) is 61.5 Å². The molecule has 0 saturated carbocycles. The predicted molar refractivity (Wildman–Crippen MR) is 120 cm³/mol. The highest BCUT2D eigenvalue weighted by Crippen LogP contribution is 2.16. The summed E-state index contributed by atoms with van der Waals surface area (Å²) < 4.78 is 0. The van der Waals surface area contributed by atoms with Gasteiger partial charge in [0.15, 0.2) is 5.96 Å². The minimum absolute atomic E-state index is 0.187. The van der Waals surface area contributed by atoms with Gasteiger partial charge in [-0.25, -0.2) is 4.98 Å². The SMILES string of the molecule is CN=C(NCCC(=O)N1CCN(c2ccccc2)CC1)NCc1nc(C)c(C)s1. The Bertz CT molecular complexity index is 807. The second-order valence-electron chi connectivity index (χ2n) is 7.06. The minimum atomic E-state index is 0.187. The summed E-state index contributed by atoms with van der Waals surface area (Å²) in [7, 11) is 1.73. The van der Waals surface area contributed by atoms with Crippen molar-refractivity contribution >= 4 is 28.9 Å². The first-order chi connectivity index (χ1) is 14.1. The lowest BCUT2D eigenvalue weighted by molar-refractivity contribution is -0.131. The number of nitrogens with zero attached hydrogens (tertiary/aromatic N) is 4. The maximum absolute atomic E-state index is 12.5. The molecule has 8 heteroatoms. The third-order valence-corrected chi connectivity index (χ3v) is 6.16. The van der Waals surface area contributed by atoms with Crippen LogP contribution in [0.15, 0.2) is 35.3 Å². The molecule has 29 heavy (non-hydrogen) atoms. The number of nitrogens with one attached hydrogen (secondary N) is 2. The number of amides is 1. The van der Waals surface area contributed by atoms with Crippen molar-refractivity contribution in [2.75, 3.05) is 44.7 Å². The van der Waals surface area contributed by atoms with Crippen LogP contribution in [0.4, 0.5) is 5.69 Å². The van der Waals surface area contributed by atoms with Crippen LogP contribution in [0.1, 0.15) is 22.0 Å². The van der Waals surface area contributed by atoms with Gasteiger partial charge in [0.25, 0.3) is 0 Å². The largest absolute Gasteiger partial charge is 0.368 e. The molecule has 0 atom stereocenters. The highest BCUT2D eigenvalue weighted by Gasteiger charge is 2.20. The zero-order chi connectivity index (χ0) is 20.6. The summed E-state index contributed by atoms with van der Waals surface area (Å²) in [5, 5.41) is 7.52. The van der Waals surface area contributed by atoms with Crippen LogP contribution < -0.4 is 15.5 Å². The molecule has 2 aromatic rings. The molecule has 0 radical (unpaired) electrons. The highest BCUT2D eigenvalue weighted by molar-refractivity contribution is 7.11. The average molecular weight is 415 g/mol. The van der Waals surface area contributed by atoms with Gasteiger partial charge in [0.1, 0.15) is 5.01 Å². The lowest BCUT2D eigenvalue weighted by Gasteiger charge is -2.36. The molecular weight excluding hydrogens is 384 g/mol. The second kappa shape index (κ2) is 10.2. The molecule has 0 unspecified atom stereocenters. The number of hydrogen-bond acceptors (Lipinski definition) is 5. The molecule has 3 rings (SSSR count). The zero-order valence-electron chi connectivity index (χ0n) is 17.4. The molecule has 1 aromatic heterocycles. The molecule has 0 spiro atoms. The molecular formula is C21H30N6OS. The highest BCUT2D eigenvalue weighted by atomic mass is 32.1. The minimum Gasteiger partial charge on any atom is -0.368 e. The maximum Gasteiger partial charge on any atom is 0.224 e. The number of aromatic nitrogens is 1. The fourth-order valence-corrected chi connectivity index (χ4v) is 4.17. The lowest BCUT2D eigenvalue weighted by Crippen LogP contribution is -2.49. The first-order valence-electron chi connectivity index (χ1n) is 10.0. The molecule has 156 valence electrons. The lowest BCUT2D eigenvalue weighted by atomic mass is 10.2. The normalized spacial score (nSPS) is 14.8. The van der Waals surface area contributed by atoms with Gasteiger partial charge in [-0.1, -0.05) is 18.2 Å². The Kier molecular flexibility index (Phi) is 7.46. The van der Waals surface area contributed by atoms with Gasteiger partial charge in [-0.3, -0.25) is 9.79 Å². The van der Waals surface area contributed by atoms with Crippen LogP contribution in [0.2, 0.25) is 0 Å². The fourth-order valence-electron chi connectivity index (χ4n) is 3.29. The summed E-state index contributed by atoms with van der Waals surface area (Å²) in [6.45, 7) is 8.58. The fraction of sp³-hybridized carbons (Fsp3) is 0.476. The van der Waals surface area contributed by atoms with Crippen molar-refractivity contribution in [3.8, 4) is 0 Å². The summed E-state index contributed by atoms with van der Waals surface area (Å²) >= 11 is 1.69. The van der Waals surface area contributed by atoms with Gasteiger partial charge in [-0.05, 0) is 26.0 Å². The van der Waals surface area contributed by atoms with Gasteiger partial charge in [-0.2, -0.15) is 0 Å². The molecule has 1 amide bonds. The Balaban J connectivity index is 1.36. The van der Waals surface area contributed by atoms with Gasteiger partial charge < -0.3 is 20.4 Å². The predicted octanol–water partition coefficient (Wildman–Crippen LogP) is 2.16. The Morgan fingerprint density at radius 2 is 1.86 bits per heavy atom. The van der Waals surface area contributed by atoms with E-state index in [1.165, 1.54) is 10.6 Å². The number of anilines is 1. The van der Waals surface area contributed by atoms with Gasteiger partial charge in [-0.15, -0.1) is 11.3 Å².